The molecular formula is C7H16OS. The molecule has 0 saturated heterocycles. The first kappa shape index (κ1) is 9.31. The molecule has 1 nitrogen and oxygen atoms in total. The van der Waals surface area contributed by atoms with Crippen molar-refractivity contribution in [2.75, 3.05) is 19.0 Å². The van der Waals surface area contributed by atoms with Crippen LogP contribution in [0.5, 0.6) is 0 Å². The van der Waals surface area contributed by atoms with Crippen LogP contribution in [-0.2, 0) is 4.74 Å². The molecule has 0 amide bonds. The van der Waals surface area contributed by atoms with E-state index in [2.05, 4.69) is 26.5 Å². The molecule has 0 aliphatic carbocycles. The Morgan fingerprint density at radius 2 is 2.11 bits per heavy atom. The van der Waals surface area contributed by atoms with E-state index in [1.54, 1.807) is 0 Å². The second kappa shape index (κ2) is 6.43. The highest BCUT2D eigenvalue weighted by Crippen LogP contribution is 1.93. The van der Waals surface area contributed by atoms with Crippen LogP contribution in [0.3, 0.4) is 0 Å². The highest BCUT2D eigenvalue weighted by atomic mass is 32.1. The Kier molecular flexibility index (Phi) is 6.65. The molecule has 0 rings (SSSR count). The molecule has 0 radical (unpaired) electrons. The maximum absolute atomic E-state index is 5.29. The Morgan fingerprint density at radius 1 is 1.44 bits per heavy atom. The van der Waals surface area contributed by atoms with E-state index in [0.29, 0.717) is 5.92 Å². The fourth-order valence-electron chi connectivity index (χ4n) is 0.486. The fourth-order valence-corrected chi connectivity index (χ4v) is 0.615. The number of hydrogen-bond donors (Lipinski definition) is 1. The van der Waals surface area contributed by atoms with Crippen LogP contribution < -0.4 is 0 Å². The molecule has 56 valence electrons. The Hall–Kier alpha value is 0.310. The van der Waals surface area contributed by atoms with Gasteiger partial charge in [0.1, 0.15) is 0 Å². The van der Waals surface area contributed by atoms with E-state index >= 15 is 0 Å². The van der Waals surface area contributed by atoms with Crippen molar-refractivity contribution in [1.82, 2.24) is 0 Å². The molecule has 0 aliphatic rings. The summed E-state index contributed by atoms with van der Waals surface area (Å²) in [5.74, 6) is 1.59. The predicted molar refractivity (Wildman–Crippen MR) is 44.1 cm³/mol. The van der Waals surface area contributed by atoms with Crippen molar-refractivity contribution in [2.24, 2.45) is 5.92 Å². The summed E-state index contributed by atoms with van der Waals surface area (Å²) < 4.78 is 5.29. The summed E-state index contributed by atoms with van der Waals surface area (Å²) in [7, 11) is 0. The average molecular weight is 148 g/mol. The Balaban J connectivity index is 2.75. The monoisotopic (exact) mass is 148 g/mol. The first-order valence-corrected chi connectivity index (χ1v) is 4.09. The van der Waals surface area contributed by atoms with Crippen molar-refractivity contribution >= 4 is 12.6 Å². The number of hydrogen-bond acceptors (Lipinski definition) is 2. The third-order valence-corrected chi connectivity index (χ3v) is 1.21. The fraction of sp³-hybridized carbons (Fsp3) is 1.00. The van der Waals surface area contributed by atoms with E-state index < -0.39 is 0 Å². The zero-order chi connectivity index (χ0) is 7.11. The molecule has 0 bridgehead atoms. The molecule has 0 spiro atoms. The van der Waals surface area contributed by atoms with Crippen molar-refractivity contribution in [2.45, 2.75) is 20.3 Å². The molecule has 0 aromatic rings. The quantitative estimate of drug-likeness (QED) is 0.463. The van der Waals surface area contributed by atoms with Gasteiger partial charge in [-0.1, -0.05) is 13.8 Å². The summed E-state index contributed by atoms with van der Waals surface area (Å²) in [6.07, 6.45) is 1.07. The second-order valence-electron chi connectivity index (χ2n) is 2.55. The molecule has 0 heterocycles. The maximum Gasteiger partial charge on any atom is 0.0488 e. The molecule has 0 aromatic heterocycles. The van der Waals surface area contributed by atoms with Gasteiger partial charge in [-0.15, -0.1) is 0 Å². The topological polar surface area (TPSA) is 9.23 Å². The predicted octanol–water partition coefficient (Wildman–Crippen LogP) is 1.98. The minimum atomic E-state index is 0.657. The van der Waals surface area contributed by atoms with Gasteiger partial charge >= 0.3 is 0 Å². The largest absolute Gasteiger partial charge is 0.381 e. The minimum absolute atomic E-state index is 0.657. The van der Waals surface area contributed by atoms with Crippen molar-refractivity contribution in [1.29, 1.82) is 0 Å². The molecule has 0 unspecified atom stereocenters. The van der Waals surface area contributed by atoms with Crippen LogP contribution in [0.1, 0.15) is 20.3 Å². The maximum atomic E-state index is 5.29. The zero-order valence-corrected chi connectivity index (χ0v) is 7.16. The average Bonchev–Trinajstić information content (AvgIpc) is 1.80. The van der Waals surface area contributed by atoms with Gasteiger partial charge in [0.25, 0.3) is 0 Å². The lowest BCUT2D eigenvalue weighted by Gasteiger charge is -2.04. The molecule has 0 atom stereocenters. The first-order chi connectivity index (χ1) is 4.27. The van der Waals surface area contributed by atoms with Gasteiger partial charge in [-0.3, -0.25) is 0 Å². The van der Waals surface area contributed by atoms with Crippen LogP contribution >= 0.6 is 12.6 Å². The number of rotatable bonds is 5. The van der Waals surface area contributed by atoms with Gasteiger partial charge in [-0.2, -0.15) is 12.6 Å². The Labute approximate surface area is 63.2 Å². The molecule has 0 fully saturated rings. The third-order valence-electron chi connectivity index (χ3n) is 0.898. The molecule has 0 aliphatic heterocycles. The van der Waals surface area contributed by atoms with Crippen molar-refractivity contribution in [3.8, 4) is 0 Å². The van der Waals surface area contributed by atoms with Crippen LogP contribution in [0.2, 0.25) is 0 Å². The van der Waals surface area contributed by atoms with Gasteiger partial charge in [0, 0.05) is 13.2 Å². The standard InChI is InChI=1S/C7H16OS/c1-7(2)6-8-4-3-5-9/h7,9H,3-6H2,1-2H3. The van der Waals surface area contributed by atoms with Crippen LogP contribution in [0.25, 0.3) is 0 Å². The lowest BCUT2D eigenvalue weighted by Crippen LogP contribution is -2.03. The Bertz CT molecular complexity index is 54.9. The third kappa shape index (κ3) is 8.31. The van der Waals surface area contributed by atoms with Crippen LogP contribution in [-0.4, -0.2) is 19.0 Å². The molecular weight excluding hydrogens is 132 g/mol. The summed E-state index contributed by atoms with van der Waals surface area (Å²) in [6.45, 7) is 6.05. The van der Waals surface area contributed by atoms with Gasteiger partial charge in [0.15, 0.2) is 0 Å². The van der Waals surface area contributed by atoms with E-state index in [9.17, 15) is 0 Å². The van der Waals surface area contributed by atoms with Gasteiger partial charge in [0.2, 0.25) is 0 Å². The summed E-state index contributed by atoms with van der Waals surface area (Å²) in [6, 6.07) is 0. The summed E-state index contributed by atoms with van der Waals surface area (Å²) >= 11 is 4.07. The van der Waals surface area contributed by atoms with E-state index in [1.807, 2.05) is 0 Å². The van der Waals surface area contributed by atoms with Crippen LogP contribution in [0, 0.1) is 5.92 Å². The zero-order valence-electron chi connectivity index (χ0n) is 6.26. The lowest BCUT2D eigenvalue weighted by atomic mass is 10.2. The van der Waals surface area contributed by atoms with E-state index in [1.165, 1.54) is 0 Å². The van der Waals surface area contributed by atoms with Gasteiger partial charge in [-0.25, -0.2) is 0 Å². The van der Waals surface area contributed by atoms with Crippen LogP contribution in [0.4, 0.5) is 0 Å². The van der Waals surface area contributed by atoms with Gasteiger partial charge < -0.3 is 4.74 Å². The summed E-state index contributed by atoms with van der Waals surface area (Å²) in [5, 5.41) is 0. The van der Waals surface area contributed by atoms with Crippen molar-refractivity contribution in [3.05, 3.63) is 0 Å². The van der Waals surface area contributed by atoms with E-state index in [0.717, 1.165) is 25.4 Å². The van der Waals surface area contributed by atoms with Gasteiger partial charge in [0.05, 0.1) is 0 Å². The van der Waals surface area contributed by atoms with Crippen LogP contribution in [0.15, 0.2) is 0 Å². The number of thiol groups is 1. The van der Waals surface area contributed by atoms with E-state index in [4.69, 9.17) is 4.74 Å². The smallest absolute Gasteiger partial charge is 0.0488 e. The highest BCUT2D eigenvalue weighted by molar-refractivity contribution is 7.80. The van der Waals surface area contributed by atoms with Crippen molar-refractivity contribution in [3.63, 3.8) is 0 Å². The SMILES string of the molecule is CC(C)COCCCS. The second-order valence-corrected chi connectivity index (χ2v) is 2.99. The first-order valence-electron chi connectivity index (χ1n) is 3.46. The summed E-state index contributed by atoms with van der Waals surface area (Å²) in [5.41, 5.74) is 0. The minimum Gasteiger partial charge on any atom is -0.381 e. The van der Waals surface area contributed by atoms with Crippen molar-refractivity contribution < 1.29 is 4.74 Å². The molecule has 2 heteroatoms. The number of ether oxygens (including phenoxy) is 1. The van der Waals surface area contributed by atoms with E-state index in [-0.39, 0.29) is 0 Å². The highest BCUT2D eigenvalue weighted by Gasteiger charge is 1.91. The molecule has 0 N–H and O–H groups in total. The normalized spacial score (nSPS) is 10.7. The summed E-state index contributed by atoms with van der Waals surface area (Å²) in [4.78, 5) is 0. The van der Waals surface area contributed by atoms with Gasteiger partial charge in [-0.05, 0) is 18.1 Å². The molecule has 9 heavy (non-hydrogen) atoms. The Morgan fingerprint density at radius 3 is 2.56 bits per heavy atom. The lowest BCUT2D eigenvalue weighted by molar-refractivity contribution is 0.111. The molecule has 0 aromatic carbocycles. The molecule has 0 saturated carbocycles.